The molecule has 0 aliphatic carbocycles. The van der Waals surface area contributed by atoms with Gasteiger partial charge < -0.3 is 5.11 Å². The van der Waals surface area contributed by atoms with E-state index in [-0.39, 0.29) is 11.6 Å². The highest BCUT2D eigenvalue weighted by Gasteiger charge is 2.29. The summed E-state index contributed by atoms with van der Waals surface area (Å²) in [5.41, 5.74) is 6.45. The van der Waals surface area contributed by atoms with E-state index in [2.05, 4.69) is 32.7 Å². The van der Waals surface area contributed by atoms with Gasteiger partial charge in [0.25, 0.3) is 0 Å². The summed E-state index contributed by atoms with van der Waals surface area (Å²) in [7, 11) is 0. The van der Waals surface area contributed by atoms with Gasteiger partial charge in [0, 0.05) is 29.0 Å². The summed E-state index contributed by atoms with van der Waals surface area (Å²) in [6, 6.07) is 11.2. The van der Waals surface area contributed by atoms with Gasteiger partial charge in [-0.05, 0) is 55.2 Å². The summed E-state index contributed by atoms with van der Waals surface area (Å²) >= 11 is 0. The Morgan fingerprint density at radius 3 is 2.86 bits per heavy atom. The Labute approximate surface area is 161 Å². The zero-order valence-corrected chi connectivity index (χ0v) is 15.3. The number of benzene rings is 1. The van der Waals surface area contributed by atoms with Gasteiger partial charge in [-0.1, -0.05) is 12.1 Å². The van der Waals surface area contributed by atoms with Gasteiger partial charge in [-0.2, -0.15) is 5.10 Å². The van der Waals surface area contributed by atoms with E-state index in [1.165, 1.54) is 11.3 Å². The van der Waals surface area contributed by atoms with Crippen LogP contribution in [0.25, 0.3) is 22.0 Å². The van der Waals surface area contributed by atoms with Gasteiger partial charge in [0.2, 0.25) is 0 Å². The SMILES string of the molecule is Cc1cccnc1C1CCc2c(-c3ccnc4cc(C(=O)O)ccc34)cnn21. The minimum atomic E-state index is -0.950. The lowest BCUT2D eigenvalue weighted by Crippen LogP contribution is -2.10. The molecule has 4 aromatic rings. The first-order chi connectivity index (χ1) is 13.6. The minimum Gasteiger partial charge on any atom is -0.478 e. The molecule has 5 rings (SSSR count). The van der Waals surface area contributed by atoms with E-state index >= 15 is 0 Å². The number of hydrogen-bond acceptors (Lipinski definition) is 4. The number of hydrogen-bond donors (Lipinski definition) is 1. The maximum atomic E-state index is 11.3. The van der Waals surface area contributed by atoms with Crippen molar-refractivity contribution in [2.24, 2.45) is 0 Å². The maximum Gasteiger partial charge on any atom is 0.335 e. The number of carboxylic acid groups (broad SMARTS) is 1. The van der Waals surface area contributed by atoms with Crippen LogP contribution in [0.5, 0.6) is 0 Å². The van der Waals surface area contributed by atoms with E-state index in [1.807, 2.05) is 30.6 Å². The molecule has 6 heteroatoms. The molecule has 6 nitrogen and oxygen atoms in total. The Morgan fingerprint density at radius 2 is 2.04 bits per heavy atom. The van der Waals surface area contributed by atoms with Crippen molar-refractivity contribution in [1.82, 2.24) is 19.7 Å². The lowest BCUT2D eigenvalue weighted by Gasteiger charge is -2.13. The molecule has 0 fully saturated rings. The fourth-order valence-corrected chi connectivity index (χ4v) is 4.14. The average Bonchev–Trinajstić information content (AvgIpc) is 3.30. The molecule has 0 bridgehead atoms. The van der Waals surface area contributed by atoms with Crippen molar-refractivity contribution in [1.29, 1.82) is 0 Å². The second-order valence-electron chi connectivity index (χ2n) is 7.11. The van der Waals surface area contributed by atoms with Crippen LogP contribution in [-0.4, -0.2) is 30.8 Å². The first-order valence-electron chi connectivity index (χ1n) is 9.24. The van der Waals surface area contributed by atoms with Gasteiger partial charge >= 0.3 is 5.97 Å². The summed E-state index contributed by atoms with van der Waals surface area (Å²) in [4.78, 5) is 20.2. The smallest absolute Gasteiger partial charge is 0.335 e. The maximum absolute atomic E-state index is 11.3. The highest BCUT2D eigenvalue weighted by molar-refractivity contribution is 5.99. The third-order valence-electron chi connectivity index (χ3n) is 5.49. The van der Waals surface area contributed by atoms with Gasteiger partial charge in [-0.25, -0.2) is 4.79 Å². The zero-order valence-electron chi connectivity index (χ0n) is 15.3. The van der Waals surface area contributed by atoms with Gasteiger partial charge in [0.1, 0.15) is 0 Å². The van der Waals surface area contributed by atoms with E-state index in [1.54, 1.807) is 18.3 Å². The molecule has 1 unspecified atom stereocenters. The first kappa shape index (κ1) is 16.6. The second kappa shape index (κ2) is 6.27. The average molecular weight is 370 g/mol. The number of aromatic carboxylic acids is 1. The van der Waals surface area contributed by atoms with Gasteiger partial charge in [0.05, 0.1) is 29.0 Å². The number of carboxylic acids is 1. The quantitative estimate of drug-likeness (QED) is 0.589. The van der Waals surface area contributed by atoms with Crippen LogP contribution in [0.2, 0.25) is 0 Å². The fraction of sp³-hybridized carbons (Fsp3) is 0.182. The largest absolute Gasteiger partial charge is 0.478 e. The Kier molecular flexibility index (Phi) is 3.72. The molecular formula is C22H18N4O2. The highest BCUT2D eigenvalue weighted by Crippen LogP contribution is 2.38. The zero-order chi connectivity index (χ0) is 19.3. The highest BCUT2D eigenvalue weighted by atomic mass is 16.4. The third kappa shape index (κ3) is 2.49. The molecule has 0 amide bonds. The topological polar surface area (TPSA) is 80.9 Å². The van der Waals surface area contributed by atoms with Gasteiger partial charge in [-0.3, -0.25) is 14.6 Å². The Hall–Kier alpha value is -3.54. The molecule has 3 aromatic heterocycles. The molecule has 0 radical (unpaired) electrons. The molecule has 138 valence electrons. The first-order valence-corrected chi connectivity index (χ1v) is 9.24. The van der Waals surface area contributed by atoms with Crippen LogP contribution in [0.1, 0.15) is 39.8 Å². The number of carbonyl (C=O) groups is 1. The number of aromatic nitrogens is 4. The van der Waals surface area contributed by atoms with E-state index in [0.717, 1.165) is 35.0 Å². The molecule has 1 aliphatic rings. The minimum absolute atomic E-state index is 0.150. The van der Waals surface area contributed by atoms with Crippen molar-refractivity contribution >= 4 is 16.9 Å². The van der Waals surface area contributed by atoms with Gasteiger partial charge in [-0.15, -0.1) is 0 Å². The molecule has 1 atom stereocenters. The Bertz CT molecular complexity index is 1230. The number of rotatable bonds is 3. The van der Waals surface area contributed by atoms with Crippen molar-refractivity contribution < 1.29 is 9.90 Å². The van der Waals surface area contributed by atoms with Crippen LogP contribution >= 0.6 is 0 Å². The normalized spacial score (nSPS) is 15.7. The standard InChI is InChI=1S/C22H18N4O2/c1-13-3-2-9-24-21(13)20-7-6-19-17(12-25-26(19)20)15-8-10-23-18-11-14(22(27)28)4-5-16(15)18/h2-5,8-12,20H,6-7H2,1H3,(H,27,28). The van der Waals surface area contributed by atoms with Gasteiger partial charge in [0.15, 0.2) is 0 Å². The van der Waals surface area contributed by atoms with E-state index in [4.69, 9.17) is 0 Å². The number of aryl methyl sites for hydroxylation is 1. The lowest BCUT2D eigenvalue weighted by molar-refractivity contribution is 0.0697. The summed E-state index contributed by atoms with van der Waals surface area (Å²) < 4.78 is 2.09. The van der Waals surface area contributed by atoms with Crippen molar-refractivity contribution in [3.63, 3.8) is 0 Å². The van der Waals surface area contributed by atoms with Crippen molar-refractivity contribution in [3.05, 3.63) is 77.5 Å². The Morgan fingerprint density at radius 1 is 1.14 bits per heavy atom. The van der Waals surface area contributed by atoms with E-state index in [0.29, 0.717) is 5.52 Å². The van der Waals surface area contributed by atoms with E-state index in [9.17, 15) is 9.90 Å². The fourth-order valence-electron chi connectivity index (χ4n) is 4.14. The summed E-state index contributed by atoms with van der Waals surface area (Å²) in [5.74, 6) is -0.950. The monoisotopic (exact) mass is 370 g/mol. The molecule has 0 saturated heterocycles. The molecule has 1 aliphatic heterocycles. The second-order valence-corrected chi connectivity index (χ2v) is 7.11. The van der Waals surface area contributed by atoms with Crippen LogP contribution in [0.4, 0.5) is 0 Å². The number of pyridine rings is 2. The van der Waals surface area contributed by atoms with Crippen LogP contribution < -0.4 is 0 Å². The molecule has 4 heterocycles. The number of fused-ring (bicyclic) bond motifs is 2. The molecule has 0 spiro atoms. The number of nitrogens with zero attached hydrogens (tertiary/aromatic N) is 4. The van der Waals surface area contributed by atoms with Crippen LogP contribution in [-0.2, 0) is 6.42 Å². The molecule has 1 N–H and O–H groups in total. The lowest BCUT2D eigenvalue weighted by atomic mass is 9.99. The predicted octanol–water partition coefficient (Wildman–Crippen LogP) is 4.04. The predicted molar refractivity (Wildman–Crippen MR) is 105 cm³/mol. The van der Waals surface area contributed by atoms with Crippen LogP contribution in [0.3, 0.4) is 0 Å². The summed E-state index contributed by atoms with van der Waals surface area (Å²) in [6.45, 7) is 2.08. The molecule has 0 saturated carbocycles. The van der Waals surface area contributed by atoms with Crippen LogP contribution in [0.15, 0.2) is 55.0 Å². The molecule has 1 aromatic carbocycles. The third-order valence-corrected chi connectivity index (χ3v) is 5.49. The Balaban J connectivity index is 1.62. The summed E-state index contributed by atoms with van der Waals surface area (Å²) in [6.07, 6.45) is 7.36. The van der Waals surface area contributed by atoms with Crippen molar-refractivity contribution in [2.75, 3.05) is 0 Å². The van der Waals surface area contributed by atoms with Crippen molar-refractivity contribution in [3.8, 4) is 11.1 Å². The molecule has 28 heavy (non-hydrogen) atoms. The van der Waals surface area contributed by atoms with E-state index < -0.39 is 5.97 Å². The van der Waals surface area contributed by atoms with Crippen LogP contribution in [0, 0.1) is 6.92 Å². The molecular weight excluding hydrogens is 352 g/mol. The summed E-state index contributed by atoms with van der Waals surface area (Å²) in [5, 5.41) is 14.9. The van der Waals surface area contributed by atoms with Crippen molar-refractivity contribution in [2.45, 2.75) is 25.8 Å².